The van der Waals surface area contributed by atoms with E-state index in [0.717, 1.165) is 39.0 Å². The normalized spacial score (nSPS) is 10.9. The highest BCUT2D eigenvalue weighted by Crippen LogP contribution is 2.35. The third kappa shape index (κ3) is 4.15. The fourth-order valence-corrected chi connectivity index (χ4v) is 4.77. The topological polar surface area (TPSA) is 72.0 Å². The zero-order valence-electron chi connectivity index (χ0n) is 15.4. The minimum atomic E-state index is -0.755. The van der Waals surface area contributed by atoms with Crippen molar-refractivity contribution in [3.05, 3.63) is 56.0 Å². The largest absolute Gasteiger partial charge is 0.354 e. The number of Topliss-reactive ketones (excluding diaryl/α,β-unsaturated/α-hetero) is 1. The number of aromatic nitrogens is 2. The highest BCUT2D eigenvalue weighted by molar-refractivity contribution is 7.17. The van der Waals surface area contributed by atoms with Crippen LogP contribution in [-0.4, -0.2) is 28.7 Å². The van der Waals surface area contributed by atoms with Crippen LogP contribution in [-0.2, 0) is 17.6 Å². The highest BCUT2D eigenvalue weighted by Gasteiger charge is 2.23. The zero-order chi connectivity index (χ0) is 20.4. The Labute approximate surface area is 168 Å². The van der Waals surface area contributed by atoms with Gasteiger partial charge < -0.3 is 5.32 Å². The molecule has 2 aromatic heterocycles. The number of halogens is 2. The lowest BCUT2D eigenvalue weighted by molar-refractivity contribution is -0.117. The number of amides is 1. The maximum absolute atomic E-state index is 13.8. The number of ketones is 1. The summed E-state index contributed by atoms with van der Waals surface area (Å²) in [5.74, 6) is -2.20. The molecule has 0 aliphatic carbocycles. The van der Waals surface area contributed by atoms with Crippen molar-refractivity contribution in [3.8, 4) is 10.6 Å². The van der Waals surface area contributed by atoms with Gasteiger partial charge in [0.05, 0.1) is 22.0 Å². The van der Waals surface area contributed by atoms with Crippen molar-refractivity contribution in [2.24, 2.45) is 0 Å². The van der Waals surface area contributed by atoms with Gasteiger partial charge in [0.25, 0.3) is 5.91 Å². The number of hydrogen-bond acceptors (Lipinski definition) is 6. The molecule has 1 aromatic carbocycles. The van der Waals surface area contributed by atoms with E-state index in [-0.39, 0.29) is 30.1 Å². The fourth-order valence-electron chi connectivity index (χ4n) is 2.74. The number of nitrogens with zero attached hydrogens (tertiary/aromatic N) is 2. The van der Waals surface area contributed by atoms with Crippen molar-refractivity contribution >= 4 is 34.4 Å². The summed E-state index contributed by atoms with van der Waals surface area (Å²) < 4.78 is 27.5. The van der Waals surface area contributed by atoms with Gasteiger partial charge in [-0.2, -0.15) is 0 Å². The maximum Gasteiger partial charge on any atom is 0.263 e. The molecular formula is C19H17F2N3O2S2. The Hall–Kier alpha value is -2.52. The van der Waals surface area contributed by atoms with Crippen molar-refractivity contribution in [2.45, 2.75) is 26.7 Å². The number of benzene rings is 1. The molecule has 0 saturated heterocycles. The molecule has 2 heterocycles. The van der Waals surface area contributed by atoms with Crippen LogP contribution in [0.1, 0.15) is 30.9 Å². The SMILES string of the molecule is CNC(=O)c1sc(CC(=O)Cc2c(F)cccc2F)nc1-c1sc(C)nc1C. The Morgan fingerprint density at radius 1 is 1.07 bits per heavy atom. The molecule has 0 unspecified atom stereocenters. The summed E-state index contributed by atoms with van der Waals surface area (Å²) in [6.45, 7) is 3.69. The molecule has 0 atom stereocenters. The van der Waals surface area contributed by atoms with Gasteiger partial charge in [0.15, 0.2) is 0 Å². The molecule has 3 rings (SSSR count). The van der Waals surface area contributed by atoms with Gasteiger partial charge in [-0.1, -0.05) is 6.07 Å². The van der Waals surface area contributed by atoms with Crippen LogP contribution in [0.15, 0.2) is 18.2 Å². The number of hydrogen-bond donors (Lipinski definition) is 1. The summed E-state index contributed by atoms with van der Waals surface area (Å²) >= 11 is 2.52. The Kier molecular flexibility index (Phi) is 5.95. The van der Waals surface area contributed by atoms with Crippen molar-refractivity contribution in [2.75, 3.05) is 7.05 Å². The Morgan fingerprint density at radius 2 is 1.75 bits per heavy atom. The van der Waals surface area contributed by atoms with Gasteiger partial charge in [-0.15, -0.1) is 22.7 Å². The van der Waals surface area contributed by atoms with Crippen molar-refractivity contribution < 1.29 is 18.4 Å². The van der Waals surface area contributed by atoms with Crippen LogP contribution in [0.5, 0.6) is 0 Å². The van der Waals surface area contributed by atoms with E-state index in [1.54, 1.807) is 0 Å². The Balaban J connectivity index is 1.89. The van der Waals surface area contributed by atoms with E-state index >= 15 is 0 Å². The second-order valence-electron chi connectivity index (χ2n) is 6.10. The standard InChI is InChI=1S/C19H17F2N3O2S2/c1-9-17(27-10(2)23-9)16-18(19(26)22-3)28-15(24-16)8-11(25)7-12-13(20)5-4-6-14(12)21/h4-6H,7-8H2,1-3H3,(H,22,26). The van der Waals surface area contributed by atoms with Crippen LogP contribution in [0, 0.1) is 25.5 Å². The minimum absolute atomic E-state index is 0.112. The second kappa shape index (κ2) is 8.24. The smallest absolute Gasteiger partial charge is 0.263 e. The molecule has 0 bridgehead atoms. The lowest BCUT2D eigenvalue weighted by Gasteiger charge is -2.03. The van der Waals surface area contributed by atoms with Gasteiger partial charge >= 0.3 is 0 Å². The summed E-state index contributed by atoms with van der Waals surface area (Å²) in [6, 6.07) is 3.48. The number of carbonyl (C=O) groups is 2. The Morgan fingerprint density at radius 3 is 2.32 bits per heavy atom. The monoisotopic (exact) mass is 421 g/mol. The lowest BCUT2D eigenvalue weighted by Crippen LogP contribution is -2.17. The first-order valence-corrected chi connectivity index (χ1v) is 10.0. The molecule has 0 aliphatic heterocycles. The molecule has 0 spiro atoms. The highest BCUT2D eigenvalue weighted by atomic mass is 32.1. The number of aryl methyl sites for hydroxylation is 2. The first-order chi connectivity index (χ1) is 13.3. The molecule has 0 saturated carbocycles. The van der Waals surface area contributed by atoms with Gasteiger partial charge in [0.2, 0.25) is 0 Å². The molecule has 3 aromatic rings. The fraction of sp³-hybridized carbons (Fsp3) is 0.263. The summed E-state index contributed by atoms with van der Waals surface area (Å²) in [4.78, 5) is 34.6. The van der Waals surface area contributed by atoms with E-state index in [0.29, 0.717) is 15.6 Å². The molecule has 1 N–H and O–H groups in total. The van der Waals surface area contributed by atoms with Crippen molar-refractivity contribution in [3.63, 3.8) is 0 Å². The molecule has 28 heavy (non-hydrogen) atoms. The average molecular weight is 421 g/mol. The third-order valence-corrected chi connectivity index (χ3v) is 6.14. The van der Waals surface area contributed by atoms with Gasteiger partial charge in [-0.25, -0.2) is 18.7 Å². The number of rotatable bonds is 6. The second-order valence-corrected chi connectivity index (χ2v) is 8.39. The molecular weight excluding hydrogens is 404 g/mol. The van der Waals surface area contributed by atoms with Crippen LogP contribution < -0.4 is 5.32 Å². The van der Waals surface area contributed by atoms with Gasteiger partial charge in [-0.3, -0.25) is 9.59 Å². The van der Waals surface area contributed by atoms with Gasteiger partial charge in [0, 0.05) is 19.0 Å². The van der Waals surface area contributed by atoms with E-state index in [4.69, 9.17) is 0 Å². The van der Waals surface area contributed by atoms with Crippen LogP contribution in [0.25, 0.3) is 10.6 Å². The summed E-state index contributed by atoms with van der Waals surface area (Å²) in [7, 11) is 1.52. The molecule has 0 fully saturated rings. The number of nitrogens with one attached hydrogen (secondary N) is 1. The van der Waals surface area contributed by atoms with Crippen molar-refractivity contribution in [1.82, 2.24) is 15.3 Å². The van der Waals surface area contributed by atoms with E-state index in [1.165, 1.54) is 24.5 Å². The van der Waals surface area contributed by atoms with Crippen LogP contribution in [0.4, 0.5) is 8.78 Å². The minimum Gasteiger partial charge on any atom is -0.354 e. The van der Waals surface area contributed by atoms with Crippen LogP contribution in [0.3, 0.4) is 0 Å². The first kappa shape index (κ1) is 20.2. The van der Waals surface area contributed by atoms with Crippen LogP contribution >= 0.6 is 22.7 Å². The molecule has 1 amide bonds. The first-order valence-electron chi connectivity index (χ1n) is 8.41. The molecule has 0 aliphatic rings. The molecule has 146 valence electrons. The quantitative estimate of drug-likeness (QED) is 0.656. The summed E-state index contributed by atoms with van der Waals surface area (Å²) in [5, 5.41) is 3.83. The van der Waals surface area contributed by atoms with E-state index in [1.807, 2.05) is 13.8 Å². The maximum atomic E-state index is 13.8. The predicted molar refractivity (Wildman–Crippen MR) is 105 cm³/mol. The Bertz CT molecular complexity index is 1040. The van der Waals surface area contributed by atoms with Crippen LogP contribution in [0.2, 0.25) is 0 Å². The van der Waals surface area contributed by atoms with Gasteiger partial charge in [0.1, 0.15) is 33.0 Å². The summed E-state index contributed by atoms with van der Waals surface area (Å²) in [6.07, 6.45) is -0.485. The average Bonchev–Trinajstić information content (AvgIpc) is 3.20. The molecule has 5 nitrogen and oxygen atoms in total. The van der Waals surface area contributed by atoms with Crippen molar-refractivity contribution in [1.29, 1.82) is 0 Å². The summed E-state index contributed by atoms with van der Waals surface area (Å²) in [5.41, 5.74) is 0.973. The predicted octanol–water partition coefficient (Wildman–Crippen LogP) is 3.88. The molecule has 0 radical (unpaired) electrons. The zero-order valence-corrected chi connectivity index (χ0v) is 17.1. The lowest BCUT2D eigenvalue weighted by atomic mass is 10.1. The van der Waals surface area contributed by atoms with Gasteiger partial charge in [-0.05, 0) is 26.0 Å². The third-order valence-electron chi connectivity index (χ3n) is 4.01. The van der Waals surface area contributed by atoms with E-state index < -0.39 is 11.6 Å². The van der Waals surface area contributed by atoms with E-state index in [2.05, 4.69) is 15.3 Å². The number of carbonyl (C=O) groups excluding carboxylic acids is 2. The van der Waals surface area contributed by atoms with E-state index in [9.17, 15) is 18.4 Å². The number of thiazole rings is 2. The molecule has 9 heteroatoms.